The van der Waals surface area contributed by atoms with Crippen molar-refractivity contribution in [2.24, 2.45) is 5.92 Å². The number of methoxy groups -OCH3 is 7. The van der Waals surface area contributed by atoms with Crippen molar-refractivity contribution in [2.45, 2.75) is 122 Å². The van der Waals surface area contributed by atoms with Gasteiger partial charge in [-0.1, -0.05) is 102 Å². The van der Waals surface area contributed by atoms with Crippen molar-refractivity contribution in [3.63, 3.8) is 0 Å². The molecule has 0 aliphatic rings. The first-order valence-electron chi connectivity index (χ1n) is 25.4. The first-order valence-corrected chi connectivity index (χ1v) is 26.5. The molecule has 0 aliphatic heterocycles. The summed E-state index contributed by atoms with van der Waals surface area (Å²) >= 11 is 1.48. The van der Waals surface area contributed by atoms with Crippen LogP contribution in [0.2, 0.25) is 0 Å². The van der Waals surface area contributed by atoms with Gasteiger partial charge in [0.05, 0.1) is 75.1 Å². The highest BCUT2D eigenvalue weighted by atomic mass is 32.2. The molecule has 0 aromatic heterocycles. The van der Waals surface area contributed by atoms with Crippen molar-refractivity contribution in [3.8, 4) is 46.0 Å². The summed E-state index contributed by atoms with van der Waals surface area (Å²) in [4.78, 5) is 53.2. The van der Waals surface area contributed by atoms with Crippen molar-refractivity contribution in [1.29, 1.82) is 0 Å². The number of hydrogen-bond acceptors (Lipinski definition) is 14. The third kappa shape index (κ3) is 22.3. The molecule has 0 N–H and O–H groups in total. The van der Waals surface area contributed by atoms with Gasteiger partial charge >= 0.3 is 11.9 Å². The van der Waals surface area contributed by atoms with Gasteiger partial charge in [0.2, 0.25) is 11.5 Å². The highest BCUT2D eigenvalue weighted by Crippen LogP contribution is 2.40. The number of hydrogen-bond donors (Lipinski definition) is 0. The molecule has 396 valence electrons. The predicted octanol–water partition coefficient (Wildman–Crippen LogP) is 12.9. The number of unbranched alkanes of at least 4 members (excludes halogenated alkanes) is 13. The van der Waals surface area contributed by atoms with Gasteiger partial charge in [-0.3, -0.25) is 19.2 Å². The number of rotatable bonds is 39. The van der Waals surface area contributed by atoms with E-state index in [0.29, 0.717) is 69.3 Å². The molecule has 0 aliphatic carbocycles. The summed E-state index contributed by atoms with van der Waals surface area (Å²) in [7, 11) is 10.4. The first-order chi connectivity index (χ1) is 35.0. The molecule has 0 fully saturated rings. The minimum absolute atomic E-state index is 0.00161. The van der Waals surface area contributed by atoms with Crippen LogP contribution in [0.5, 0.6) is 46.0 Å². The normalized spacial score (nSPS) is 11.3. The molecule has 14 heteroatoms. The number of carbonyl (C=O) groups is 4. The lowest BCUT2D eigenvalue weighted by atomic mass is 9.90. The summed E-state index contributed by atoms with van der Waals surface area (Å²) in [5, 5.41) is 0. The fourth-order valence-corrected chi connectivity index (χ4v) is 8.68. The highest BCUT2D eigenvalue weighted by molar-refractivity contribution is 7.99. The molecule has 3 rings (SSSR count). The van der Waals surface area contributed by atoms with E-state index in [0.717, 1.165) is 19.3 Å². The van der Waals surface area contributed by atoms with E-state index in [-0.39, 0.29) is 36.7 Å². The maximum Gasteiger partial charge on any atom is 0.312 e. The smallest absolute Gasteiger partial charge is 0.312 e. The summed E-state index contributed by atoms with van der Waals surface area (Å²) in [5.74, 6) is 1.06. The molecular weight excluding hydrogens is 937 g/mol. The van der Waals surface area contributed by atoms with Gasteiger partial charge in [0.1, 0.15) is 0 Å². The minimum Gasteiger partial charge on any atom is -0.493 e. The fourth-order valence-electron chi connectivity index (χ4n) is 7.86. The van der Waals surface area contributed by atoms with E-state index in [9.17, 15) is 19.2 Å². The second-order valence-electron chi connectivity index (χ2n) is 17.2. The molecule has 0 unspecified atom stereocenters. The van der Waals surface area contributed by atoms with E-state index in [4.69, 9.17) is 42.6 Å². The van der Waals surface area contributed by atoms with Gasteiger partial charge in [-0.2, -0.15) is 11.8 Å². The topological polar surface area (TPSA) is 151 Å². The van der Waals surface area contributed by atoms with Gasteiger partial charge in [-0.15, -0.1) is 0 Å². The maximum atomic E-state index is 14.0. The van der Waals surface area contributed by atoms with Crippen LogP contribution in [-0.2, 0) is 30.3 Å². The third-order valence-electron chi connectivity index (χ3n) is 11.9. The number of thioether (sulfide) groups is 1. The molecule has 72 heavy (non-hydrogen) atoms. The lowest BCUT2D eigenvalue weighted by Crippen LogP contribution is -2.23. The van der Waals surface area contributed by atoms with Crippen LogP contribution in [0.1, 0.15) is 133 Å². The number of allylic oxidation sites excluding steroid dienone is 4. The summed E-state index contributed by atoms with van der Waals surface area (Å²) < 4.78 is 49.4. The summed E-state index contributed by atoms with van der Waals surface area (Å²) in [5.41, 5.74) is 1.75. The Hall–Kier alpha value is -5.89. The van der Waals surface area contributed by atoms with E-state index in [2.05, 4.69) is 19.1 Å². The molecule has 0 spiro atoms. The zero-order chi connectivity index (χ0) is 52.4. The molecule has 3 aromatic carbocycles. The van der Waals surface area contributed by atoms with Crippen molar-refractivity contribution >= 4 is 47.4 Å². The first kappa shape index (κ1) is 60.4. The molecule has 0 saturated heterocycles. The van der Waals surface area contributed by atoms with Crippen LogP contribution in [0, 0.1) is 5.92 Å². The number of carbonyl (C=O) groups excluding carboxylic acids is 4. The lowest BCUT2D eigenvalue weighted by molar-refractivity contribution is -0.143. The van der Waals surface area contributed by atoms with Gasteiger partial charge in [-0.25, -0.2) is 0 Å². The van der Waals surface area contributed by atoms with E-state index >= 15 is 0 Å². The van der Waals surface area contributed by atoms with E-state index < -0.39 is 23.5 Å². The number of benzene rings is 3. The van der Waals surface area contributed by atoms with Crippen LogP contribution in [-0.4, -0.2) is 91.4 Å². The molecule has 0 heterocycles. The molecule has 3 aromatic rings. The van der Waals surface area contributed by atoms with E-state index in [1.54, 1.807) is 54.6 Å². The van der Waals surface area contributed by atoms with Gasteiger partial charge in [0, 0.05) is 11.5 Å². The Morgan fingerprint density at radius 1 is 0.500 bits per heavy atom. The lowest BCUT2D eigenvalue weighted by Gasteiger charge is -2.15. The number of ketones is 2. The van der Waals surface area contributed by atoms with Crippen LogP contribution in [0.3, 0.4) is 0 Å². The molecule has 0 radical (unpaired) electrons. The zero-order valence-corrected chi connectivity index (χ0v) is 45.0. The molecule has 0 saturated carbocycles. The van der Waals surface area contributed by atoms with Crippen molar-refractivity contribution in [2.75, 3.05) is 67.9 Å². The minimum atomic E-state index is -1.16. The zero-order valence-electron chi connectivity index (χ0n) is 44.1. The molecule has 0 bridgehead atoms. The summed E-state index contributed by atoms with van der Waals surface area (Å²) in [6.45, 7) is 2.70. The standard InChI is InChI=1S/C58H80O13S/c1-9-10-11-12-13-14-15-16-17-18-19-20-21-22-23-24-25-34-70-55(61)32-35-72-36-33-56(62)71-49-31-28-43(38-50(49)63-2)37-46(47(59)29-26-44-39-51(64-3)57(68-7)52(40-44)65-4)48(60)30-27-45-41-53(66-5)58(69-8)54(42-45)67-6/h16-17,26-31,38-42,46H,9-15,18-25,32-37H2,1-8H3/b17-16+,29-26+,30-27+. The van der Waals surface area contributed by atoms with Crippen LogP contribution in [0.25, 0.3) is 12.2 Å². The molecular formula is C58H80O13S. The molecule has 0 amide bonds. The Balaban J connectivity index is 1.49. The SMILES string of the molecule is CCCCCCCC/C=C/CCCCCCCCCOC(=O)CCSCCC(=O)Oc1ccc(CC(C(=O)/C=C/c2cc(OC)c(OC)c(OC)c2)C(=O)/C=C/c2cc(OC)c(OC)c(OC)c2)cc1OC. The summed E-state index contributed by atoms with van der Waals surface area (Å²) in [6.07, 6.45) is 29.5. The summed E-state index contributed by atoms with van der Waals surface area (Å²) in [6, 6.07) is 11.7. The average molecular weight is 1020 g/mol. The fraction of sp³-hybridized carbons (Fsp3) is 0.517. The number of ether oxygens (including phenoxy) is 9. The Kier molecular flexibility index (Phi) is 30.3. The quantitative estimate of drug-likeness (QED) is 0.0133. The van der Waals surface area contributed by atoms with Gasteiger partial charge in [0.25, 0.3) is 0 Å². The van der Waals surface area contributed by atoms with Crippen LogP contribution in [0.15, 0.2) is 66.8 Å². The Morgan fingerprint density at radius 2 is 0.944 bits per heavy atom. The predicted molar refractivity (Wildman–Crippen MR) is 288 cm³/mol. The van der Waals surface area contributed by atoms with Gasteiger partial charge in [-0.05, 0) is 104 Å². The van der Waals surface area contributed by atoms with E-state index in [1.807, 2.05) is 0 Å². The van der Waals surface area contributed by atoms with Crippen LogP contribution < -0.4 is 37.9 Å². The van der Waals surface area contributed by atoms with Crippen molar-refractivity contribution in [1.82, 2.24) is 0 Å². The Morgan fingerprint density at radius 3 is 1.40 bits per heavy atom. The van der Waals surface area contributed by atoms with Gasteiger partial charge in [0.15, 0.2) is 46.1 Å². The highest BCUT2D eigenvalue weighted by Gasteiger charge is 2.25. The second kappa shape index (κ2) is 36.1. The number of esters is 2. The van der Waals surface area contributed by atoms with Crippen LogP contribution in [0.4, 0.5) is 0 Å². The Bertz CT molecular complexity index is 2060. The van der Waals surface area contributed by atoms with Crippen LogP contribution >= 0.6 is 11.8 Å². The monoisotopic (exact) mass is 1020 g/mol. The maximum absolute atomic E-state index is 14.0. The average Bonchev–Trinajstić information content (AvgIpc) is 3.39. The van der Waals surface area contributed by atoms with Crippen molar-refractivity contribution in [3.05, 3.63) is 83.5 Å². The van der Waals surface area contributed by atoms with Gasteiger partial charge < -0.3 is 42.6 Å². The molecule has 0 atom stereocenters. The van der Waals surface area contributed by atoms with E-state index in [1.165, 1.54) is 151 Å². The Labute approximate surface area is 433 Å². The van der Waals surface area contributed by atoms with Crippen molar-refractivity contribution < 1.29 is 61.8 Å². The largest absolute Gasteiger partial charge is 0.493 e. The molecule has 13 nitrogen and oxygen atoms in total. The second-order valence-corrected chi connectivity index (χ2v) is 18.5. The third-order valence-corrected chi connectivity index (χ3v) is 12.9.